The van der Waals surface area contributed by atoms with Gasteiger partial charge in [-0.15, -0.1) is 0 Å². The van der Waals surface area contributed by atoms with Crippen LogP contribution in [-0.4, -0.2) is 118 Å². The smallest absolute Gasteiger partial charge is 0.0701 e. The highest BCUT2D eigenvalue weighted by Crippen LogP contribution is 2.02. The molecule has 8 nitrogen and oxygen atoms in total. The molecule has 0 saturated carbocycles. The Hall–Kier alpha value is -0.320. The Kier molecular flexibility index (Phi) is 27.4. The van der Waals surface area contributed by atoms with E-state index in [0.29, 0.717) is 79.3 Å². The average Bonchev–Trinajstić information content (AvgIpc) is 2.76. The second-order valence-electron chi connectivity index (χ2n) is 7.50. The first-order chi connectivity index (χ1) is 15.3. The summed E-state index contributed by atoms with van der Waals surface area (Å²) in [7, 11) is 4.05. The van der Waals surface area contributed by atoms with Crippen LogP contribution in [0.3, 0.4) is 0 Å². The van der Waals surface area contributed by atoms with Gasteiger partial charge in [0.15, 0.2) is 0 Å². The third-order valence-corrected chi connectivity index (χ3v) is 4.31. The minimum absolute atomic E-state index is 0.559. The maximum Gasteiger partial charge on any atom is 0.0701 e. The van der Waals surface area contributed by atoms with Crippen molar-refractivity contribution < 1.29 is 33.2 Å². The molecule has 0 bridgehead atoms. The van der Waals surface area contributed by atoms with Crippen molar-refractivity contribution in [3.63, 3.8) is 0 Å². The normalized spacial score (nSPS) is 11.6. The van der Waals surface area contributed by atoms with E-state index in [2.05, 4.69) is 11.8 Å². The molecule has 0 aliphatic carbocycles. The third kappa shape index (κ3) is 29.7. The summed E-state index contributed by atoms with van der Waals surface area (Å²) < 4.78 is 38.3. The molecule has 0 fully saturated rings. The SMILES string of the molecule is CCCCCCCOCCOCCOCCOCCOCCOCCOCCN(C)C. The van der Waals surface area contributed by atoms with E-state index in [1.165, 1.54) is 25.7 Å². The van der Waals surface area contributed by atoms with E-state index in [0.717, 1.165) is 26.2 Å². The van der Waals surface area contributed by atoms with Crippen LogP contribution in [0.25, 0.3) is 0 Å². The topological polar surface area (TPSA) is 67.9 Å². The van der Waals surface area contributed by atoms with Gasteiger partial charge < -0.3 is 38.1 Å². The fraction of sp³-hybridized carbons (Fsp3) is 1.00. The van der Waals surface area contributed by atoms with Gasteiger partial charge in [0.2, 0.25) is 0 Å². The number of ether oxygens (including phenoxy) is 7. The van der Waals surface area contributed by atoms with Gasteiger partial charge >= 0.3 is 0 Å². The molecule has 0 spiro atoms. The lowest BCUT2D eigenvalue weighted by Crippen LogP contribution is -2.19. The molecular formula is C23H49NO7. The summed E-state index contributed by atoms with van der Waals surface area (Å²) in [6.07, 6.45) is 6.33. The van der Waals surface area contributed by atoms with Crippen molar-refractivity contribution in [2.24, 2.45) is 0 Å². The fourth-order valence-corrected chi connectivity index (χ4v) is 2.48. The molecule has 0 amide bonds. The van der Waals surface area contributed by atoms with Gasteiger partial charge in [-0.1, -0.05) is 32.6 Å². The van der Waals surface area contributed by atoms with Gasteiger partial charge in [0.1, 0.15) is 0 Å². The Morgan fingerprint density at radius 3 is 1.06 bits per heavy atom. The summed E-state index contributed by atoms with van der Waals surface area (Å²) in [6.45, 7) is 11.8. The molecule has 0 N–H and O–H groups in total. The number of likely N-dealkylation sites (N-methyl/N-ethyl adjacent to an activating group) is 1. The molecule has 0 radical (unpaired) electrons. The van der Waals surface area contributed by atoms with Gasteiger partial charge in [0, 0.05) is 13.2 Å². The molecule has 0 rings (SSSR count). The van der Waals surface area contributed by atoms with Crippen LogP contribution in [0.15, 0.2) is 0 Å². The highest BCUT2D eigenvalue weighted by Gasteiger charge is 1.95. The second-order valence-corrected chi connectivity index (χ2v) is 7.50. The summed E-state index contributed by atoms with van der Waals surface area (Å²) in [5.41, 5.74) is 0. The molecule has 0 saturated heterocycles. The van der Waals surface area contributed by atoms with Crippen LogP contribution in [0.5, 0.6) is 0 Å². The number of unbranched alkanes of at least 4 members (excludes halogenated alkanes) is 4. The van der Waals surface area contributed by atoms with Gasteiger partial charge in [0.25, 0.3) is 0 Å². The molecule has 31 heavy (non-hydrogen) atoms. The van der Waals surface area contributed by atoms with Crippen molar-refractivity contribution in [3.05, 3.63) is 0 Å². The lowest BCUT2D eigenvalue weighted by atomic mass is 10.2. The lowest BCUT2D eigenvalue weighted by Gasteiger charge is -2.10. The summed E-state index contributed by atoms with van der Waals surface area (Å²) >= 11 is 0. The van der Waals surface area contributed by atoms with Crippen LogP contribution >= 0.6 is 0 Å². The maximum absolute atomic E-state index is 5.54. The van der Waals surface area contributed by atoms with E-state index in [-0.39, 0.29) is 0 Å². The van der Waals surface area contributed by atoms with E-state index in [1.54, 1.807) is 0 Å². The Morgan fingerprint density at radius 1 is 0.387 bits per heavy atom. The van der Waals surface area contributed by atoms with Gasteiger partial charge in [-0.3, -0.25) is 0 Å². The zero-order chi connectivity index (χ0) is 22.7. The lowest BCUT2D eigenvalue weighted by molar-refractivity contribution is -0.0208. The summed E-state index contributed by atoms with van der Waals surface area (Å²) in [5.74, 6) is 0. The maximum atomic E-state index is 5.54. The molecular weight excluding hydrogens is 402 g/mol. The van der Waals surface area contributed by atoms with Crippen LogP contribution < -0.4 is 0 Å². The quantitative estimate of drug-likeness (QED) is 0.177. The van der Waals surface area contributed by atoms with Crippen molar-refractivity contribution in [1.29, 1.82) is 0 Å². The van der Waals surface area contributed by atoms with E-state index in [9.17, 15) is 0 Å². The minimum Gasteiger partial charge on any atom is -0.379 e. The zero-order valence-corrected chi connectivity index (χ0v) is 20.4. The third-order valence-electron chi connectivity index (χ3n) is 4.31. The molecule has 0 aliphatic rings. The molecule has 0 aromatic heterocycles. The Bertz CT molecular complexity index is 322. The first-order valence-electron chi connectivity index (χ1n) is 12.0. The molecule has 0 unspecified atom stereocenters. The van der Waals surface area contributed by atoms with Gasteiger partial charge in [0.05, 0.1) is 85.9 Å². The van der Waals surface area contributed by atoms with Crippen LogP contribution in [0.4, 0.5) is 0 Å². The summed E-state index contributed by atoms with van der Waals surface area (Å²) in [5, 5.41) is 0. The minimum atomic E-state index is 0.559. The van der Waals surface area contributed by atoms with Gasteiger partial charge in [-0.05, 0) is 20.5 Å². The molecule has 0 heterocycles. The molecule has 0 atom stereocenters. The average molecular weight is 452 g/mol. The monoisotopic (exact) mass is 451 g/mol. The van der Waals surface area contributed by atoms with Crippen LogP contribution in [0.1, 0.15) is 39.0 Å². The molecule has 0 aromatic rings. The Labute approximate surface area is 190 Å². The van der Waals surface area contributed by atoms with Crippen LogP contribution in [0, 0.1) is 0 Å². The van der Waals surface area contributed by atoms with Crippen molar-refractivity contribution in [2.45, 2.75) is 39.0 Å². The van der Waals surface area contributed by atoms with E-state index in [1.807, 2.05) is 14.1 Å². The summed E-state index contributed by atoms with van der Waals surface area (Å²) in [4.78, 5) is 2.09. The van der Waals surface area contributed by atoms with Gasteiger partial charge in [-0.2, -0.15) is 0 Å². The molecule has 0 aromatic carbocycles. The largest absolute Gasteiger partial charge is 0.379 e. The van der Waals surface area contributed by atoms with Crippen molar-refractivity contribution in [3.8, 4) is 0 Å². The van der Waals surface area contributed by atoms with E-state index < -0.39 is 0 Å². The Morgan fingerprint density at radius 2 is 0.710 bits per heavy atom. The van der Waals surface area contributed by atoms with Crippen LogP contribution in [0.2, 0.25) is 0 Å². The number of rotatable bonds is 27. The number of hydrogen-bond donors (Lipinski definition) is 0. The number of nitrogens with zero attached hydrogens (tertiary/aromatic N) is 1. The zero-order valence-electron chi connectivity index (χ0n) is 20.4. The summed E-state index contributed by atoms with van der Waals surface area (Å²) in [6, 6.07) is 0. The Balaban J connectivity index is 2.99. The van der Waals surface area contributed by atoms with Crippen molar-refractivity contribution >= 4 is 0 Å². The predicted octanol–water partition coefficient (Wildman–Crippen LogP) is 2.63. The predicted molar refractivity (Wildman–Crippen MR) is 123 cm³/mol. The first kappa shape index (κ1) is 30.7. The molecule has 188 valence electrons. The first-order valence-corrected chi connectivity index (χ1v) is 12.0. The van der Waals surface area contributed by atoms with E-state index >= 15 is 0 Å². The standard InChI is InChI=1S/C23H49NO7/c1-4-5-6-7-8-10-25-12-14-27-16-18-29-20-22-31-23-21-30-19-17-28-15-13-26-11-9-24(2)3/h4-23H2,1-3H3. The number of hydrogen-bond acceptors (Lipinski definition) is 8. The van der Waals surface area contributed by atoms with E-state index in [4.69, 9.17) is 33.2 Å². The molecule has 8 heteroatoms. The van der Waals surface area contributed by atoms with Crippen molar-refractivity contribution in [1.82, 2.24) is 4.90 Å². The second kappa shape index (κ2) is 27.7. The van der Waals surface area contributed by atoms with Crippen molar-refractivity contribution in [2.75, 3.05) is 113 Å². The fourth-order valence-electron chi connectivity index (χ4n) is 2.48. The van der Waals surface area contributed by atoms with Gasteiger partial charge in [-0.25, -0.2) is 0 Å². The van der Waals surface area contributed by atoms with Crippen LogP contribution in [-0.2, 0) is 33.2 Å². The molecule has 0 aliphatic heterocycles. The highest BCUT2D eigenvalue weighted by molar-refractivity contribution is 4.42. The highest BCUT2D eigenvalue weighted by atomic mass is 16.6.